The molecule has 0 radical (unpaired) electrons. The number of hydrogen-bond acceptors (Lipinski definition) is 1. The van der Waals surface area contributed by atoms with Crippen molar-refractivity contribution in [3.63, 3.8) is 0 Å². The van der Waals surface area contributed by atoms with Crippen LogP contribution in [0.5, 0.6) is 0 Å². The number of benzene rings is 1. The molecule has 0 bridgehead atoms. The SMILES string of the molecule is N=C1c2ccccc2CN1CCCC1CC1. The van der Waals surface area contributed by atoms with Crippen LogP contribution >= 0.6 is 0 Å². The number of rotatable bonds is 4. The van der Waals surface area contributed by atoms with Crippen LogP contribution in [0, 0.1) is 11.3 Å². The normalized spacial score (nSPS) is 19.0. The Hall–Kier alpha value is -1.31. The van der Waals surface area contributed by atoms with Crippen molar-refractivity contribution >= 4 is 5.84 Å². The van der Waals surface area contributed by atoms with Crippen molar-refractivity contribution in [1.82, 2.24) is 4.90 Å². The van der Waals surface area contributed by atoms with Crippen molar-refractivity contribution in [2.24, 2.45) is 5.92 Å². The third kappa shape index (κ3) is 1.84. The van der Waals surface area contributed by atoms with Crippen LogP contribution in [-0.4, -0.2) is 17.3 Å². The van der Waals surface area contributed by atoms with Crippen LogP contribution in [0.2, 0.25) is 0 Å². The first-order valence-electron chi connectivity index (χ1n) is 6.26. The van der Waals surface area contributed by atoms with Crippen molar-refractivity contribution in [2.75, 3.05) is 6.54 Å². The highest BCUT2D eigenvalue weighted by Gasteiger charge is 2.24. The molecule has 3 rings (SSSR count). The lowest BCUT2D eigenvalue weighted by molar-refractivity contribution is 0.406. The van der Waals surface area contributed by atoms with Crippen LogP contribution in [0.4, 0.5) is 0 Å². The Balaban J connectivity index is 1.60. The molecule has 2 aliphatic rings. The standard InChI is InChI=1S/C14H18N2/c15-14-13-6-2-1-5-12(13)10-16(14)9-3-4-11-7-8-11/h1-2,5-6,11,15H,3-4,7-10H2. The van der Waals surface area contributed by atoms with Gasteiger partial charge in [-0.05, 0) is 24.3 Å². The largest absolute Gasteiger partial charge is 0.352 e. The Morgan fingerprint density at radius 3 is 2.81 bits per heavy atom. The molecule has 0 amide bonds. The Labute approximate surface area is 96.8 Å². The maximum Gasteiger partial charge on any atom is 0.128 e. The van der Waals surface area contributed by atoms with Crippen LogP contribution < -0.4 is 0 Å². The summed E-state index contributed by atoms with van der Waals surface area (Å²) in [4.78, 5) is 2.22. The van der Waals surface area contributed by atoms with Gasteiger partial charge >= 0.3 is 0 Å². The van der Waals surface area contributed by atoms with E-state index in [1.807, 2.05) is 6.07 Å². The molecular weight excluding hydrogens is 196 g/mol. The molecule has 1 saturated carbocycles. The smallest absolute Gasteiger partial charge is 0.128 e. The second-order valence-corrected chi connectivity index (χ2v) is 5.01. The van der Waals surface area contributed by atoms with Gasteiger partial charge < -0.3 is 4.90 Å². The molecule has 0 atom stereocenters. The first-order chi connectivity index (χ1) is 7.84. The third-order valence-corrected chi connectivity index (χ3v) is 3.69. The summed E-state index contributed by atoms with van der Waals surface area (Å²) < 4.78 is 0. The summed E-state index contributed by atoms with van der Waals surface area (Å²) in [6.45, 7) is 2.00. The summed E-state index contributed by atoms with van der Waals surface area (Å²) in [6.07, 6.45) is 5.50. The van der Waals surface area contributed by atoms with E-state index in [1.165, 1.54) is 31.2 Å². The van der Waals surface area contributed by atoms with E-state index in [-0.39, 0.29) is 0 Å². The molecule has 1 aromatic rings. The third-order valence-electron chi connectivity index (χ3n) is 3.69. The number of nitrogens with one attached hydrogen (secondary N) is 1. The van der Waals surface area contributed by atoms with Crippen molar-refractivity contribution < 1.29 is 0 Å². The van der Waals surface area contributed by atoms with Crippen molar-refractivity contribution in [1.29, 1.82) is 5.41 Å². The summed E-state index contributed by atoms with van der Waals surface area (Å²) in [5.41, 5.74) is 2.45. The van der Waals surface area contributed by atoms with Crippen LogP contribution in [-0.2, 0) is 6.54 Å². The van der Waals surface area contributed by atoms with Gasteiger partial charge in [0.05, 0.1) is 0 Å². The molecule has 16 heavy (non-hydrogen) atoms. The van der Waals surface area contributed by atoms with Crippen LogP contribution in [0.15, 0.2) is 24.3 Å². The molecule has 84 valence electrons. The fraction of sp³-hybridized carbons (Fsp3) is 0.500. The number of fused-ring (bicyclic) bond motifs is 1. The average molecular weight is 214 g/mol. The maximum absolute atomic E-state index is 8.12. The quantitative estimate of drug-likeness (QED) is 0.819. The minimum Gasteiger partial charge on any atom is -0.352 e. The Kier molecular flexibility index (Phi) is 2.43. The number of amidine groups is 1. The topological polar surface area (TPSA) is 27.1 Å². The van der Waals surface area contributed by atoms with Crippen molar-refractivity contribution in [3.8, 4) is 0 Å². The molecule has 0 saturated heterocycles. The fourth-order valence-corrected chi connectivity index (χ4v) is 2.51. The molecule has 0 aromatic heterocycles. The second kappa shape index (κ2) is 3.93. The summed E-state index contributed by atoms with van der Waals surface area (Å²) >= 11 is 0. The fourth-order valence-electron chi connectivity index (χ4n) is 2.51. The molecule has 2 nitrogen and oxygen atoms in total. The average Bonchev–Trinajstić information content (AvgIpc) is 3.06. The van der Waals surface area contributed by atoms with Gasteiger partial charge in [-0.2, -0.15) is 0 Å². The molecule has 0 unspecified atom stereocenters. The molecule has 1 heterocycles. The van der Waals surface area contributed by atoms with Gasteiger partial charge in [0, 0.05) is 18.7 Å². The second-order valence-electron chi connectivity index (χ2n) is 5.01. The van der Waals surface area contributed by atoms with E-state index in [0.29, 0.717) is 0 Å². The van der Waals surface area contributed by atoms with Crippen LogP contribution in [0.25, 0.3) is 0 Å². The van der Waals surface area contributed by atoms with Crippen molar-refractivity contribution in [2.45, 2.75) is 32.2 Å². The molecule has 2 heteroatoms. The number of hydrogen-bond donors (Lipinski definition) is 1. The molecule has 1 N–H and O–H groups in total. The van der Waals surface area contributed by atoms with E-state index < -0.39 is 0 Å². The lowest BCUT2D eigenvalue weighted by Crippen LogP contribution is -2.25. The maximum atomic E-state index is 8.12. The predicted molar refractivity (Wildman–Crippen MR) is 65.6 cm³/mol. The van der Waals surface area contributed by atoms with Gasteiger partial charge in [-0.1, -0.05) is 37.1 Å². The lowest BCUT2D eigenvalue weighted by atomic mass is 10.1. The zero-order valence-electron chi connectivity index (χ0n) is 9.58. The monoisotopic (exact) mass is 214 g/mol. The summed E-state index contributed by atoms with van der Waals surface area (Å²) in [5, 5.41) is 8.12. The highest BCUT2D eigenvalue weighted by atomic mass is 15.2. The zero-order chi connectivity index (χ0) is 11.0. The summed E-state index contributed by atoms with van der Waals surface area (Å²) in [6, 6.07) is 8.31. The molecule has 1 aliphatic heterocycles. The van der Waals surface area contributed by atoms with E-state index in [2.05, 4.69) is 23.1 Å². The molecule has 1 aliphatic carbocycles. The van der Waals surface area contributed by atoms with E-state index >= 15 is 0 Å². The van der Waals surface area contributed by atoms with E-state index in [0.717, 1.165) is 30.4 Å². The van der Waals surface area contributed by atoms with Gasteiger partial charge in [0.15, 0.2) is 0 Å². The van der Waals surface area contributed by atoms with Gasteiger partial charge in [-0.25, -0.2) is 0 Å². The van der Waals surface area contributed by atoms with E-state index in [4.69, 9.17) is 5.41 Å². The minimum absolute atomic E-state index is 0.728. The Morgan fingerprint density at radius 2 is 2.06 bits per heavy atom. The van der Waals surface area contributed by atoms with Gasteiger partial charge in [-0.15, -0.1) is 0 Å². The molecule has 0 spiro atoms. The predicted octanol–water partition coefficient (Wildman–Crippen LogP) is 3.02. The zero-order valence-corrected chi connectivity index (χ0v) is 9.58. The van der Waals surface area contributed by atoms with Crippen molar-refractivity contribution in [3.05, 3.63) is 35.4 Å². The highest BCUT2D eigenvalue weighted by molar-refractivity contribution is 6.00. The summed E-state index contributed by atoms with van der Waals surface area (Å²) in [5.74, 6) is 1.74. The Bertz CT molecular complexity index is 407. The molecule has 1 aromatic carbocycles. The summed E-state index contributed by atoms with van der Waals surface area (Å²) in [7, 11) is 0. The Morgan fingerprint density at radius 1 is 1.25 bits per heavy atom. The van der Waals surface area contributed by atoms with Crippen LogP contribution in [0.3, 0.4) is 0 Å². The molecule has 1 fully saturated rings. The lowest BCUT2D eigenvalue weighted by Gasteiger charge is -2.17. The van der Waals surface area contributed by atoms with E-state index in [1.54, 1.807) is 0 Å². The van der Waals surface area contributed by atoms with Gasteiger partial charge in [0.2, 0.25) is 0 Å². The molecular formula is C14H18N2. The van der Waals surface area contributed by atoms with E-state index in [9.17, 15) is 0 Å². The van der Waals surface area contributed by atoms with Gasteiger partial charge in [0.1, 0.15) is 5.84 Å². The van der Waals surface area contributed by atoms with Gasteiger partial charge in [0.25, 0.3) is 0 Å². The minimum atomic E-state index is 0.728. The highest BCUT2D eigenvalue weighted by Crippen LogP contribution is 2.33. The number of nitrogens with zero attached hydrogens (tertiary/aromatic N) is 1. The van der Waals surface area contributed by atoms with Gasteiger partial charge in [-0.3, -0.25) is 5.41 Å². The first-order valence-corrected chi connectivity index (χ1v) is 6.26. The first kappa shape index (κ1) is 9.88. The van der Waals surface area contributed by atoms with Crippen LogP contribution in [0.1, 0.15) is 36.8 Å².